The first-order valence-electron chi connectivity index (χ1n) is 6.74. The maximum absolute atomic E-state index is 12.4. The minimum atomic E-state index is -0.0965. The Morgan fingerprint density at radius 1 is 1.29 bits per heavy atom. The number of halogens is 2. The molecular formula is C13H17Cl2N3O2S. The summed E-state index contributed by atoms with van der Waals surface area (Å²) in [6.45, 7) is 5.43. The average molecular weight is 350 g/mol. The van der Waals surface area contributed by atoms with Gasteiger partial charge < -0.3 is 10.2 Å². The number of nitrogens with one attached hydrogen (secondary N) is 1. The van der Waals surface area contributed by atoms with Crippen LogP contribution in [-0.2, 0) is 4.79 Å². The molecule has 0 aromatic carbocycles. The minimum Gasteiger partial charge on any atom is -0.355 e. The number of nitrogens with zero attached hydrogens (tertiary/aromatic N) is 2. The van der Waals surface area contributed by atoms with Crippen molar-refractivity contribution in [2.24, 2.45) is 0 Å². The van der Waals surface area contributed by atoms with Crippen LogP contribution in [0.4, 0.5) is 0 Å². The number of piperazine rings is 1. The van der Waals surface area contributed by atoms with Crippen LogP contribution in [0.15, 0.2) is 6.07 Å². The Hall–Kier alpha value is -0.820. The second-order valence-corrected chi connectivity index (χ2v) is 7.05. The third kappa shape index (κ3) is 4.32. The molecule has 21 heavy (non-hydrogen) atoms. The van der Waals surface area contributed by atoms with Gasteiger partial charge in [-0.05, 0) is 13.0 Å². The molecule has 0 unspecified atom stereocenters. The van der Waals surface area contributed by atoms with Gasteiger partial charge in [-0.25, -0.2) is 0 Å². The molecule has 1 aromatic heterocycles. The lowest BCUT2D eigenvalue weighted by molar-refractivity contribution is -0.122. The van der Waals surface area contributed by atoms with Gasteiger partial charge in [0.25, 0.3) is 5.91 Å². The molecule has 0 bridgehead atoms. The third-order valence-corrected chi connectivity index (χ3v) is 4.78. The topological polar surface area (TPSA) is 52.7 Å². The van der Waals surface area contributed by atoms with E-state index in [2.05, 4.69) is 5.32 Å². The Bertz CT molecular complexity index is 527. The maximum Gasteiger partial charge on any atom is 0.256 e. The van der Waals surface area contributed by atoms with Crippen molar-refractivity contribution in [1.82, 2.24) is 15.1 Å². The van der Waals surface area contributed by atoms with E-state index in [1.54, 1.807) is 11.0 Å². The number of carbonyl (C=O) groups is 2. The number of hydrogen-bond acceptors (Lipinski definition) is 4. The first-order valence-corrected chi connectivity index (χ1v) is 8.31. The van der Waals surface area contributed by atoms with Crippen molar-refractivity contribution >= 4 is 46.4 Å². The van der Waals surface area contributed by atoms with Gasteiger partial charge >= 0.3 is 0 Å². The van der Waals surface area contributed by atoms with Gasteiger partial charge in [-0.15, -0.1) is 11.3 Å². The summed E-state index contributed by atoms with van der Waals surface area (Å²) in [5.74, 6) is -0.0780. The van der Waals surface area contributed by atoms with E-state index >= 15 is 0 Å². The lowest BCUT2D eigenvalue weighted by atomic mass is 10.2. The van der Waals surface area contributed by atoms with E-state index in [-0.39, 0.29) is 11.8 Å². The summed E-state index contributed by atoms with van der Waals surface area (Å²) in [7, 11) is 0. The third-order valence-electron chi connectivity index (χ3n) is 3.29. The molecule has 5 nitrogen and oxygen atoms in total. The van der Waals surface area contributed by atoms with E-state index in [4.69, 9.17) is 23.2 Å². The molecule has 0 aliphatic carbocycles. The summed E-state index contributed by atoms with van der Waals surface area (Å²) in [5.41, 5.74) is 0.462. The fraction of sp³-hybridized carbons (Fsp3) is 0.538. The van der Waals surface area contributed by atoms with Gasteiger partial charge in [0.15, 0.2) is 0 Å². The summed E-state index contributed by atoms with van der Waals surface area (Å²) in [4.78, 5) is 27.7. The second-order valence-electron chi connectivity index (χ2n) is 4.76. The van der Waals surface area contributed by atoms with E-state index in [1.807, 2.05) is 11.8 Å². The van der Waals surface area contributed by atoms with E-state index in [9.17, 15) is 9.59 Å². The highest BCUT2D eigenvalue weighted by Crippen LogP contribution is 2.32. The SMILES string of the molecule is CCNC(=O)CN1CCN(C(=O)c2cc(Cl)sc2Cl)CC1. The molecule has 1 aliphatic rings. The molecule has 0 spiro atoms. The van der Waals surface area contributed by atoms with Crippen LogP contribution in [0.2, 0.25) is 8.67 Å². The zero-order valence-electron chi connectivity index (χ0n) is 11.7. The Morgan fingerprint density at radius 3 is 2.48 bits per heavy atom. The molecular weight excluding hydrogens is 333 g/mol. The van der Waals surface area contributed by atoms with E-state index in [0.717, 1.165) is 0 Å². The number of thiophene rings is 1. The average Bonchev–Trinajstić information content (AvgIpc) is 2.78. The lowest BCUT2D eigenvalue weighted by Gasteiger charge is -2.34. The summed E-state index contributed by atoms with van der Waals surface area (Å²) >= 11 is 13.1. The van der Waals surface area contributed by atoms with Crippen LogP contribution < -0.4 is 5.32 Å². The van der Waals surface area contributed by atoms with Crippen molar-refractivity contribution < 1.29 is 9.59 Å². The Labute approximate surface area is 137 Å². The van der Waals surface area contributed by atoms with Gasteiger partial charge in [-0.2, -0.15) is 0 Å². The van der Waals surface area contributed by atoms with Gasteiger partial charge in [0, 0.05) is 32.7 Å². The largest absolute Gasteiger partial charge is 0.355 e. The van der Waals surface area contributed by atoms with Crippen LogP contribution >= 0.6 is 34.5 Å². The van der Waals surface area contributed by atoms with Crippen LogP contribution in [0.1, 0.15) is 17.3 Å². The molecule has 2 amide bonds. The summed E-state index contributed by atoms with van der Waals surface area (Å²) in [6.07, 6.45) is 0. The molecule has 1 fully saturated rings. The predicted octanol–water partition coefficient (Wildman–Crippen LogP) is 1.95. The standard InChI is InChI=1S/C13H17Cl2N3O2S/c1-2-16-11(19)8-17-3-5-18(6-4-17)13(20)9-7-10(14)21-12(9)15/h7H,2-6,8H2,1H3,(H,16,19). The summed E-state index contributed by atoms with van der Waals surface area (Å²) in [5, 5.41) is 2.77. The summed E-state index contributed by atoms with van der Waals surface area (Å²) < 4.78 is 0.938. The van der Waals surface area contributed by atoms with Gasteiger partial charge in [-0.1, -0.05) is 23.2 Å². The van der Waals surface area contributed by atoms with Crippen LogP contribution in [0.5, 0.6) is 0 Å². The summed E-state index contributed by atoms with van der Waals surface area (Å²) in [6, 6.07) is 1.61. The molecule has 116 valence electrons. The molecule has 1 N–H and O–H groups in total. The quantitative estimate of drug-likeness (QED) is 0.903. The normalized spacial score (nSPS) is 16.0. The zero-order chi connectivity index (χ0) is 15.4. The molecule has 0 radical (unpaired) electrons. The molecule has 0 atom stereocenters. The van der Waals surface area contributed by atoms with E-state index in [1.165, 1.54) is 11.3 Å². The monoisotopic (exact) mass is 349 g/mol. The van der Waals surface area contributed by atoms with Crippen LogP contribution in [0.3, 0.4) is 0 Å². The van der Waals surface area contributed by atoms with Gasteiger partial charge in [0.05, 0.1) is 16.4 Å². The van der Waals surface area contributed by atoms with Crippen molar-refractivity contribution in [3.8, 4) is 0 Å². The maximum atomic E-state index is 12.4. The highest BCUT2D eigenvalue weighted by Gasteiger charge is 2.25. The smallest absolute Gasteiger partial charge is 0.256 e. The molecule has 1 saturated heterocycles. The van der Waals surface area contributed by atoms with Crippen molar-refractivity contribution in [1.29, 1.82) is 0 Å². The van der Waals surface area contributed by atoms with Gasteiger partial charge in [0.2, 0.25) is 5.91 Å². The molecule has 2 rings (SSSR count). The second kappa shape index (κ2) is 7.45. The Morgan fingerprint density at radius 2 is 1.95 bits per heavy atom. The number of likely N-dealkylation sites (N-methyl/N-ethyl adjacent to an activating group) is 1. The predicted molar refractivity (Wildman–Crippen MR) is 85.4 cm³/mol. The highest BCUT2D eigenvalue weighted by molar-refractivity contribution is 7.20. The van der Waals surface area contributed by atoms with Crippen LogP contribution in [0.25, 0.3) is 0 Å². The van der Waals surface area contributed by atoms with Gasteiger partial charge in [-0.3, -0.25) is 14.5 Å². The molecule has 2 heterocycles. The van der Waals surface area contributed by atoms with Crippen molar-refractivity contribution in [3.05, 3.63) is 20.3 Å². The molecule has 1 aliphatic heterocycles. The molecule has 8 heteroatoms. The van der Waals surface area contributed by atoms with Crippen molar-refractivity contribution in [3.63, 3.8) is 0 Å². The highest BCUT2D eigenvalue weighted by atomic mass is 35.5. The lowest BCUT2D eigenvalue weighted by Crippen LogP contribution is -2.51. The first kappa shape index (κ1) is 16.5. The van der Waals surface area contributed by atoms with Crippen molar-refractivity contribution in [2.75, 3.05) is 39.3 Å². The molecule has 0 saturated carbocycles. The molecule has 1 aromatic rings. The fourth-order valence-electron chi connectivity index (χ4n) is 2.22. The number of amides is 2. The number of hydrogen-bond donors (Lipinski definition) is 1. The zero-order valence-corrected chi connectivity index (χ0v) is 14.0. The first-order chi connectivity index (χ1) is 10.0. The van der Waals surface area contributed by atoms with E-state index < -0.39 is 0 Å². The van der Waals surface area contributed by atoms with Crippen LogP contribution in [-0.4, -0.2) is 60.9 Å². The number of rotatable bonds is 4. The van der Waals surface area contributed by atoms with Gasteiger partial charge in [0.1, 0.15) is 4.34 Å². The minimum absolute atomic E-state index is 0.0185. The van der Waals surface area contributed by atoms with Crippen molar-refractivity contribution in [2.45, 2.75) is 6.92 Å². The number of carbonyl (C=O) groups excluding carboxylic acids is 2. The van der Waals surface area contributed by atoms with Crippen LogP contribution in [0, 0.1) is 0 Å². The Kier molecular flexibility index (Phi) is 5.87. The fourth-order valence-corrected chi connectivity index (χ4v) is 3.67. The van der Waals surface area contributed by atoms with E-state index in [0.29, 0.717) is 53.5 Å². The Balaban J connectivity index is 1.87.